The molecule has 0 saturated heterocycles. The van der Waals surface area contributed by atoms with E-state index >= 15 is 0 Å². The minimum atomic E-state index is -0.526. The largest absolute Gasteiger partial charge is 0.481 e. The fraction of sp³-hybridized carbons (Fsp3) is 0.385. The summed E-state index contributed by atoms with van der Waals surface area (Å²) in [7, 11) is 0. The molecular weight excluding hydrogens is 251 g/mol. The lowest BCUT2D eigenvalue weighted by Crippen LogP contribution is -2.39. The van der Waals surface area contributed by atoms with Crippen LogP contribution in [0.3, 0.4) is 0 Å². The third kappa shape index (κ3) is 4.57. The summed E-state index contributed by atoms with van der Waals surface area (Å²) in [5, 5.41) is 5.14. The molecule has 0 radical (unpaired) electrons. The number of nitrogens with one attached hydrogen (secondary N) is 2. The van der Waals surface area contributed by atoms with Crippen molar-refractivity contribution in [3.05, 3.63) is 30.1 Å². The van der Waals surface area contributed by atoms with Gasteiger partial charge in [0.15, 0.2) is 18.2 Å². The first-order valence-electron chi connectivity index (χ1n) is 6.08. The van der Waals surface area contributed by atoms with Crippen molar-refractivity contribution in [2.75, 3.05) is 13.2 Å². The van der Waals surface area contributed by atoms with Crippen LogP contribution < -0.4 is 15.4 Å². The molecule has 5 nitrogen and oxygen atoms in total. The Labute approximate surface area is 110 Å². The smallest absolute Gasteiger partial charge is 0.258 e. The Morgan fingerprint density at radius 1 is 1.26 bits per heavy atom. The van der Waals surface area contributed by atoms with E-state index in [-0.39, 0.29) is 30.9 Å². The van der Waals surface area contributed by atoms with Crippen LogP contribution in [-0.4, -0.2) is 31.0 Å². The van der Waals surface area contributed by atoms with Gasteiger partial charge in [-0.2, -0.15) is 0 Å². The van der Waals surface area contributed by atoms with Crippen LogP contribution in [0.25, 0.3) is 0 Å². The zero-order chi connectivity index (χ0) is 13.7. The van der Waals surface area contributed by atoms with Crippen molar-refractivity contribution in [2.24, 2.45) is 0 Å². The van der Waals surface area contributed by atoms with E-state index in [4.69, 9.17) is 4.74 Å². The Morgan fingerprint density at radius 2 is 2.00 bits per heavy atom. The molecule has 1 aromatic carbocycles. The van der Waals surface area contributed by atoms with Gasteiger partial charge in [-0.05, 0) is 25.0 Å². The minimum absolute atomic E-state index is 0.0140. The molecule has 0 spiro atoms. The monoisotopic (exact) mass is 266 g/mol. The molecule has 0 aliphatic heterocycles. The van der Waals surface area contributed by atoms with Crippen LogP contribution in [0.4, 0.5) is 4.39 Å². The summed E-state index contributed by atoms with van der Waals surface area (Å²) in [6.45, 7) is -0.409. The van der Waals surface area contributed by atoms with Crippen molar-refractivity contribution in [3.8, 4) is 5.75 Å². The van der Waals surface area contributed by atoms with Gasteiger partial charge in [0.25, 0.3) is 5.91 Å². The molecule has 0 bridgehead atoms. The van der Waals surface area contributed by atoms with E-state index in [0.717, 1.165) is 12.8 Å². The lowest BCUT2D eigenvalue weighted by Gasteiger charge is -2.08. The molecule has 102 valence electrons. The first-order valence-corrected chi connectivity index (χ1v) is 6.08. The molecule has 2 N–H and O–H groups in total. The molecule has 1 aromatic rings. The van der Waals surface area contributed by atoms with Crippen LogP contribution in [0.15, 0.2) is 24.3 Å². The van der Waals surface area contributed by atoms with Gasteiger partial charge < -0.3 is 15.4 Å². The highest BCUT2D eigenvalue weighted by Gasteiger charge is 2.23. The summed E-state index contributed by atoms with van der Waals surface area (Å²) in [5.74, 6) is -1.20. The minimum Gasteiger partial charge on any atom is -0.481 e. The lowest BCUT2D eigenvalue weighted by molar-refractivity contribution is -0.127. The summed E-state index contributed by atoms with van der Waals surface area (Å²) < 4.78 is 18.2. The number of ether oxygens (including phenoxy) is 1. The lowest BCUT2D eigenvalue weighted by atomic mass is 10.3. The maximum atomic E-state index is 13.2. The predicted molar refractivity (Wildman–Crippen MR) is 66.1 cm³/mol. The van der Waals surface area contributed by atoms with Gasteiger partial charge in [-0.3, -0.25) is 9.59 Å². The molecule has 2 amide bonds. The molecule has 2 rings (SSSR count). The molecule has 1 aliphatic rings. The van der Waals surface area contributed by atoms with Crippen molar-refractivity contribution in [1.82, 2.24) is 10.6 Å². The molecule has 1 aliphatic carbocycles. The molecule has 1 saturated carbocycles. The van der Waals surface area contributed by atoms with Gasteiger partial charge in [-0.1, -0.05) is 12.1 Å². The predicted octanol–water partition coefficient (Wildman–Crippen LogP) is 0.599. The van der Waals surface area contributed by atoms with Crippen molar-refractivity contribution in [2.45, 2.75) is 18.9 Å². The van der Waals surface area contributed by atoms with Crippen molar-refractivity contribution in [1.29, 1.82) is 0 Å². The van der Waals surface area contributed by atoms with Crippen LogP contribution in [0.5, 0.6) is 5.75 Å². The maximum Gasteiger partial charge on any atom is 0.258 e. The van der Waals surface area contributed by atoms with Gasteiger partial charge in [-0.15, -0.1) is 0 Å². The average molecular weight is 266 g/mol. The first-order chi connectivity index (χ1) is 9.15. The molecule has 0 unspecified atom stereocenters. The second kappa shape index (κ2) is 6.17. The quantitative estimate of drug-likeness (QED) is 0.792. The normalized spacial score (nSPS) is 13.7. The number of hydrogen-bond donors (Lipinski definition) is 2. The molecule has 1 fully saturated rings. The van der Waals surface area contributed by atoms with Crippen LogP contribution >= 0.6 is 0 Å². The molecule has 6 heteroatoms. The number of carbonyl (C=O) groups is 2. The maximum absolute atomic E-state index is 13.2. The van der Waals surface area contributed by atoms with Crippen LogP contribution in [0.1, 0.15) is 12.8 Å². The number of halogens is 1. The van der Waals surface area contributed by atoms with E-state index < -0.39 is 11.7 Å². The van der Waals surface area contributed by atoms with Crippen molar-refractivity contribution >= 4 is 11.8 Å². The second-order valence-electron chi connectivity index (χ2n) is 4.34. The van der Waals surface area contributed by atoms with Gasteiger partial charge in [0.1, 0.15) is 0 Å². The SMILES string of the molecule is O=C(COc1ccccc1F)NCC(=O)NC1CC1. The van der Waals surface area contributed by atoms with E-state index in [1.807, 2.05) is 0 Å². The number of rotatable bonds is 6. The van der Waals surface area contributed by atoms with E-state index in [1.54, 1.807) is 6.07 Å². The summed E-state index contributed by atoms with van der Waals surface area (Å²) in [6, 6.07) is 6.09. The molecule has 0 atom stereocenters. The Balaban J connectivity index is 1.66. The summed E-state index contributed by atoms with van der Waals surface area (Å²) in [6.07, 6.45) is 1.99. The Bertz CT molecular complexity index is 475. The number of amides is 2. The number of para-hydroxylation sites is 1. The van der Waals surface area contributed by atoms with Crippen LogP contribution in [-0.2, 0) is 9.59 Å². The van der Waals surface area contributed by atoms with E-state index in [0.29, 0.717) is 0 Å². The molecule has 0 aromatic heterocycles. The number of hydrogen-bond acceptors (Lipinski definition) is 3. The summed E-state index contributed by atoms with van der Waals surface area (Å²) in [4.78, 5) is 22.7. The number of benzene rings is 1. The third-order valence-electron chi connectivity index (χ3n) is 2.58. The van der Waals surface area contributed by atoms with Crippen LogP contribution in [0, 0.1) is 5.82 Å². The Hall–Kier alpha value is -2.11. The second-order valence-corrected chi connectivity index (χ2v) is 4.34. The fourth-order valence-electron chi connectivity index (χ4n) is 1.44. The average Bonchev–Trinajstić information content (AvgIpc) is 3.19. The van der Waals surface area contributed by atoms with Gasteiger partial charge in [0, 0.05) is 6.04 Å². The highest BCUT2D eigenvalue weighted by molar-refractivity contribution is 5.85. The van der Waals surface area contributed by atoms with E-state index in [1.165, 1.54) is 18.2 Å². The van der Waals surface area contributed by atoms with Gasteiger partial charge in [-0.25, -0.2) is 4.39 Å². The van der Waals surface area contributed by atoms with Gasteiger partial charge in [0.05, 0.1) is 6.54 Å². The van der Waals surface area contributed by atoms with Crippen molar-refractivity contribution in [3.63, 3.8) is 0 Å². The standard InChI is InChI=1S/C13H15FN2O3/c14-10-3-1-2-4-11(10)19-8-13(18)15-7-12(17)16-9-5-6-9/h1-4,9H,5-8H2,(H,15,18)(H,16,17). The Morgan fingerprint density at radius 3 is 2.68 bits per heavy atom. The van der Waals surface area contributed by atoms with E-state index in [2.05, 4.69) is 10.6 Å². The zero-order valence-electron chi connectivity index (χ0n) is 10.3. The summed E-state index contributed by atoms with van der Waals surface area (Å²) in [5.41, 5.74) is 0. The highest BCUT2D eigenvalue weighted by atomic mass is 19.1. The summed E-state index contributed by atoms with van der Waals surface area (Å²) >= 11 is 0. The van der Waals surface area contributed by atoms with Gasteiger partial charge in [0.2, 0.25) is 5.91 Å². The first kappa shape index (κ1) is 13.3. The van der Waals surface area contributed by atoms with Crippen molar-refractivity contribution < 1.29 is 18.7 Å². The van der Waals surface area contributed by atoms with Gasteiger partial charge >= 0.3 is 0 Å². The fourth-order valence-corrected chi connectivity index (χ4v) is 1.44. The molecular formula is C13H15FN2O3. The Kier molecular flexibility index (Phi) is 4.33. The highest BCUT2D eigenvalue weighted by Crippen LogP contribution is 2.18. The molecule has 0 heterocycles. The topological polar surface area (TPSA) is 67.4 Å². The number of carbonyl (C=O) groups excluding carboxylic acids is 2. The third-order valence-corrected chi connectivity index (χ3v) is 2.58. The van der Waals surface area contributed by atoms with E-state index in [9.17, 15) is 14.0 Å². The molecule has 19 heavy (non-hydrogen) atoms. The zero-order valence-corrected chi connectivity index (χ0v) is 10.3. The van der Waals surface area contributed by atoms with Crippen LogP contribution in [0.2, 0.25) is 0 Å².